The van der Waals surface area contributed by atoms with Crippen molar-refractivity contribution in [3.05, 3.63) is 51.7 Å². The molecule has 0 radical (unpaired) electrons. The molecule has 0 bridgehead atoms. The number of aryl methyl sites for hydroxylation is 2. The smallest absolute Gasteiger partial charge is 0.317 e. The number of aliphatic carboxylic acids is 1. The lowest BCUT2D eigenvalue weighted by Crippen LogP contribution is -2.48. The fourth-order valence-electron chi connectivity index (χ4n) is 3.71. The number of benzene rings is 1. The topological polar surface area (TPSA) is 127 Å². The van der Waals surface area contributed by atoms with E-state index in [4.69, 9.17) is 16.7 Å². The average molecular weight is 504 g/mol. The standard InChI is InChI=1S/C22H26ClN7O3S/c1-13-4-3-5-15(23)20(13)28-21(33)16-11-24-22(34-16)27-17-10-18(26-14(2)25-17)30-8-6-29(7-9-30)12-19(31)32/h3-5,10-11,21,28,33H,6-9,12H2,1-2H3,(H,31,32)(H,24,25,26,27). The average Bonchev–Trinajstić information content (AvgIpc) is 3.24. The summed E-state index contributed by atoms with van der Waals surface area (Å²) in [4.78, 5) is 29.0. The van der Waals surface area contributed by atoms with E-state index in [1.165, 1.54) is 11.3 Å². The molecular weight excluding hydrogens is 478 g/mol. The van der Waals surface area contributed by atoms with E-state index in [1.54, 1.807) is 12.3 Å². The van der Waals surface area contributed by atoms with Gasteiger partial charge in [-0.05, 0) is 25.5 Å². The van der Waals surface area contributed by atoms with Crippen molar-refractivity contribution >= 4 is 51.4 Å². The normalized spacial score (nSPS) is 15.2. The zero-order valence-corrected chi connectivity index (χ0v) is 20.4. The van der Waals surface area contributed by atoms with Crippen LogP contribution in [0.5, 0.6) is 0 Å². The van der Waals surface area contributed by atoms with Crippen LogP contribution < -0.4 is 15.5 Å². The largest absolute Gasteiger partial charge is 0.480 e. The lowest BCUT2D eigenvalue weighted by Gasteiger charge is -2.34. The molecule has 1 aromatic carbocycles. The van der Waals surface area contributed by atoms with Gasteiger partial charge in [0, 0.05) is 38.4 Å². The van der Waals surface area contributed by atoms with E-state index in [1.807, 2.05) is 36.9 Å². The van der Waals surface area contributed by atoms with E-state index in [0.29, 0.717) is 58.5 Å². The first-order valence-corrected chi connectivity index (χ1v) is 11.9. The molecule has 180 valence electrons. The Bertz CT molecular complexity index is 1150. The van der Waals surface area contributed by atoms with E-state index in [9.17, 15) is 9.90 Å². The molecule has 3 heterocycles. The third kappa shape index (κ3) is 5.92. The summed E-state index contributed by atoms with van der Waals surface area (Å²) in [7, 11) is 0. The Morgan fingerprint density at radius 3 is 2.71 bits per heavy atom. The molecule has 0 spiro atoms. The minimum absolute atomic E-state index is 0.0482. The molecule has 4 rings (SSSR count). The predicted octanol–water partition coefficient (Wildman–Crippen LogP) is 3.26. The second kappa shape index (κ2) is 10.5. The minimum atomic E-state index is -0.962. The van der Waals surface area contributed by atoms with Gasteiger partial charge in [0.05, 0.1) is 22.1 Å². The molecule has 10 nitrogen and oxygen atoms in total. The van der Waals surface area contributed by atoms with Gasteiger partial charge in [0.2, 0.25) is 0 Å². The van der Waals surface area contributed by atoms with Crippen LogP contribution in [0, 0.1) is 13.8 Å². The molecule has 2 aromatic heterocycles. The zero-order valence-electron chi connectivity index (χ0n) is 18.8. The number of carbonyl (C=O) groups is 1. The second-order valence-corrected chi connectivity index (χ2v) is 9.46. The van der Waals surface area contributed by atoms with Gasteiger partial charge in [0.1, 0.15) is 17.5 Å². The summed E-state index contributed by atoms with van der Waals surface area (Å²) in [5, 5.41) is 27.0. The number of carboxylic acids is 1. The summed E-state index contributed by atoms with van der Waals surface area (Å²) in [6.45, 7) is 6.47. The molecule has 0 aliphatic carbocycles. The first-order chi connectivity index (χ1) is 16.3. The maximum absolute atomic E-state index is 10.9. The lowest BCUT2D eigenvalue weighted by atomic mass is 10.2. The minimum Gasteiger partial charge on any atom is -0.480 e. The zero-order chi connectivity index (χ0) is 24.2. The van der Waals surface area contributed by atoms with Gasteiger partial charge >= 0.3 is 5.97 Å². The predicted molar refractivity (Wildman–Crippen MR) is 133 cm³/mol. The summed E-state index contributed by atoms with van der Waals surface area (Å²) in [5.41, 5.74) is 1.61. The molecule has 34 heavy (non-hydrogen) atoms. The SMILES string of the molecule is Cc1nc(Nc2ncc(C(O)Nc3c(C)cccc3Cl)s2)cc(N2CCN(CC(=O)O)CC2)n1. The molecule has 12 heteroatoms. The molecule has 1 aliphatic rings. The molecule has 0 saturated carbocycles. The van der Waals surface area contributed by atoms with Crippen molar-refractivity contribution in [1.29, 1.82) is 0 Å². The van der Waals surface area contributed by atoms with Crippen molar-refractivity contribution in [1.82, 2.24) is 19.9 Å². The number of hydrogen-bond donors (Lipinski definition) is 4. The van der Waals surface area contributed by atoms with Gasteiger partial charge in [0.25, 0.3) is 0 Å². The third-order valence-corrected chi connectivity index (χ3v) is 6.69. The van der Waals surface area contributed by atoms with Crippen molar-refractivity contribution in [2.24, 2.45) is 0 Å². The van der Waals surface area contributed by atoms with Crippen LogP contribution in [0.25, 0.3) is 0 Å². The van der Waals surface area contributed by atoms with Gasteiger partial charge < -0.3 is 25.7 Å². The quantitative estimate of drug-likeness (QED) is 0.340. The molecule has 1 fully saturated rings. The molecule has 1 saturated heterocycles. The number of piperazine rings is 1. The summed E-state index contributed by atoms with van der Waals surface area (Å²) >= 11 is 7.56. The highest BCUT2D eigenvalue weighted by Gasteiger charge is 2.21. The van der Waals surface area contributed by atoms with Crippen LogP contribution in [-0.2, 0) is 4.79 Å². The Labute approximate surface area is 206 Å². The Balaban J connectivity index is 1.42. The molecule has 1 atom stereocenters. The second-order valence-electron chi connectivity index (χ2n) is 7.99. The summed E-state index contributed by atoms with van der Waals surface area (Å²) in [6.07, 6.45) is 0.643. The number of rotatable bonds is 8. The maximum atomic E-state index is 10.9. The van der Waals surface area contributed by atoms with E-state index >= 15 is 0 Å². The van der Waals surface area contributed by atoms with Crippen molar-refractivity contribution in [2.45, 2.75) is 20.1 Å². The number of hydrogen-bond acceptors (Lipinski definition) is 10. The van der Waals surface area contributed by atoms with Gasteiger partial charge in [-0.1, -0.05) is 35.1 Å². The Kier molecular flexibility index (Phi) is 7.47. The van der Waals surface area contributed by atoms with Crippen LogP contribution in [0.1, 0.15) is 22.5 Å². The fraction of sp³-hybridized carbons (Fsp3) is 0.364. The summed E-state index contributed by atoms with van der Waals surface area (Å²) in [6, 6.07) is 7.40. The summed E-state index contributed by atoms with van der Waals surface area (Å²) < 4.78 is 0. The highest BCUT2D eigenvalue weighted by Crippen LogP contribution is 2.32. The monoisotopic (exact) mass is 503 g/mol. The summed E-state index contributed by atoms with van der Waals surface area (Å²) in [5.74, 6) is 1.17. The number of anilines is 4. The molecule has 4 N–H and O–H groups in total. The van der Waals surface area contributed by atoms with Crippen LogP contribution in [0.15, 0.2) is 30.5 Å². The fourth-order valence-corrected chi connectivity index (χ4v) is 4.74. The number of carboxylic acid groups (broad SMARTS) is 1. The molecule has 1 aliphatic heterocycles. The van der Waals surface area contributed by atoms with Crippen LogP contribution >= 0.6 is 22.9 Å². The number of nitrogens with one attached hydrogen (secondary N) is 2. The Morgan fingerprint density at radius 1 is 1.24 bits per heavy atom. The highest BCUT2D eigenvalue weighted by atomic mass is 35.5. The lowest BCUT2D eigenvalue weighted by molar-refractivity contribution is -0.138. The number of thiazole rings is 1. The van der Waals surface area contributed by atoms with E-state index in [0.717, 1.165) is 11.4 Å². The number of nitrogens with zero attached hydrogens (tertiary/aromatic N) is 5. The van der Waals surface area contributed by atoms with Crippen LogP contribution in [-0.4, -0.2) is 68.8 Å². The van der Waals surface area contributed by atoms with E-state index in [2.05, 4.69) is 30.5 Å². The van der Waals surface area contributed by atoms with Gasteiger partial charge in [-0.25, -0.2) is 15.0 Å². The van der Waals surface area contributed by atoms with Crippen molar-refractivity contribution in [2.75, 3.05) is 48.3 Å². The number of aliphatic hydroxyl groups is 1. The molecule has 1 unspecified atom stereocenters. The number of para-hydroxylation sites is 1. The number of aliphatic hydroxyl groups excluding tert-OH is 1. The Hall–Kier alpha value is -2.99. The van der Waals surface area contributed by atoms with E-state index < -0.39 is 12.2 Å². The first kappa shape index (κ1) is 24.1. The third-order valence-electron chi connectivity index (χ3n) is 5.41. The van der Waals surface area contributed by atoms with Gasteiger partial charge in [-0.15, -0.1) is 0 Å². The molecule has 3 aromatic rings. The number of halogens is 1. The van der Waals surface area contributed by atoms with Crippen LogP contribution in [0.3, 0.4) is 0 Å². The van der Waals surface area contributed by atoms with Gasteiger partial charge in [-0.3, -0.25) is 9.69 Å². The van der Waals surface area contributed by atoms with Gasteiger partial charge in [-0.2, -0.15) is 0 Å². The number of aromatic nitrogens is 3. The first-order valence-electron chi connectivity index (χ1n) is 10.8. The van der Waals surface area contributed by atoms with Crippen molar-refractivity contribution in [3.8, 4) is 0 Å². The Morgan fingerprint density at radius 2 is 2.00 bits per heavy atom. The van der Waals surface area contributed by atoms with Crippen LogP contribution in [0.4, 0.5) is 22.5 Å². The van der Waals surface area contributed by atoms with Gasteiger partial charge in [0.15, 0.2) is 11.4 Å². The van der Waals surface area contributed by atoms with E-state index in [-0.39, 0.29) is 6.54 Å². The maximum Gasteiger partial charge on any atom is 0.317 e. The van der Waals surface area contributed by atoms with Crippen LogP contribution in [0.2, 0.25) is 5.02 Å². The molecular formula is C22H26ClN7O3S. The molecule has 0 amide bonds. The van der Waals surface area contributed by atoms with Crippen molar-refractivity contribution in [3.63, 3.8) is 0 Å². The highest BCUT2D eigenvalue weighted by molar-refractivity contribution is 7.15. The van der Waals surface area contributed by atoms with Crippen molar-refractivity contribution < 1.29 is 15.0 Å².